The van der Waals surface area contributed by atoms with Crippen molar-refractivity contribution >= 4 is 26.8 Å². The number of aromatic nitrogens is 2. The van der Waals surface area contributed by atoms with E-state index in [1.807, 2.05) is 13.0 Å². The molecule has 8 heteroatoms. The van der Waals surface area contributed by atoms with Gasteiger partial charge in [0.15, 0.2) is 9.84 Å². The van der Waals surface area contributed by atoms with Gasteiger partial charge in [0.05, 0.1) is 28.1 Å². The van der Waals surface area contributed by atoms with Crippen molar-refractivity contribution in [3.8, 4) is 0 Å². The predicted molar refractivity (Wildman–Crippen MR) is 96.9 cm³/mol. The molecule has 0 bridgehead atoms. The van der Waals surface area contributed by atoms with E-state index in [0.29, 0.717) is 41.2 Å². The summed E-state index contributed by atoms with van der Waals surface area (Å²) in [6.45, 7) is 4.32. The van der Waals surface area contributed by atoms with Crippen molar-refractivity contribution in [2.45, 2.75) is 51.5 Å². The van der Waals surface area contributed by atoms with Crippen LogP contribution in [0.4, 0.5) is 0 Å². The quantitative estimate of drug-likeness (QED) is 0.794. The molecule has 0 radical (unpaired) electrons. The van der Waals surface area contributed by atoms with Gasteiger partial charge in [-0.1, -0.05) is 12.1 Å². The average Bonchev–Trinajstić information content (AvgIpc) is 3.31. The molecule has 2 aromatic heterocycles. The molecule has 1 atom stereocenters. The highest BCUT2D eigenvalue weighted by atomic mass is 32.2. The second-order valence-electron chi connectivity index (χ2n) is 7.37. The lowest BCUT2D eigenvalue weighted by Gasteiger charge is -2.28. The van der Waals surface area contributed by atoms with Gasteiger partial charge in [0, 0.05) is 24.2 Å². The van der Waals surface area contributed by atoms with E-state index in [1.165, 1.54) is 0 Å². The van der Waals surface area contributed by atoms with Crippen molar-refractivity contribution in [1.82, 2.24) is 15.0 Å². The molecule has 0 spiro atoms. The number of fused-ring (bicyclic) bond motifs is 1. The largest absolute Gasteiger partial charge is 0.336 e. The Morgan fingerprint density at radius 1 is 1.35 bits per heavy atom. The molecule has 7 nitrogen and oxygen atoms in total. The van der Waals surface area contributed by atoms with E-state index in [0.717, 1.165) is 25.0 Å². The highest BCUT2D eigenvalue weighted by Crippen LogP contribution is 2.40. The molecule has 140 valence electrons. The van der Waals surface area contributed by atoms with E-state index in [2.05, 4.69) is 10.1 Å². The van der Waals surface area contributed by atoms with Crippen LogP contribution in [0.5, 0.6) is 0 Å². The van der Waals surface area contributed by atoms with Crippen molar-refractivity contribution in [2.75, 3.05) is 18.1 Å². The molecule has 0 N–H and O–H groups in total. The van der Waals surface area contributed by atoms with Crippen LogP contribution in [0.15, 0.2) is 10.6 Å². The highest BCUT2D eigenvalue weighted by Gasteiger charge is 2.36. The molecule has 1 saturated carbocycles. The van der Waals surface area contributed by atoms with Crippen molar-refractivity contribution in [2.24, 2.45) is 0 Å². The molecular formula is C18H23N3O4S. The van der Waals surface area contributed by atoms with Crippen LogP contribution in [-0.2, 0) is 9.84 Å². The van der Waals surface area contributed by atoms with Gasteiger partial charge in [-0.15, -0.1) is 0 Å². The maximum Gasteiger partial charge on any atom is 0.259 e. The summed E-state index contributed by atoms with van der Waals surface area (Å²) in [7, 11) is -3.06. The minimum absolute atomic E-state index is 0.0467. The minimum atomic E-state index is -3.06. The van der Waals surface area contributed by atoms with Gasteiger partial charge in [0.2, 0.25) is 0 Å². The highest BCUT2D eigenvalue weighted by molar-refractivity contribution is 7.91. The SMILES string of the molecule is CCCN(C(=O)c1cc(C2CC2)nc2onc(C)c12)[C@@H]1CCS(=O)(=O)C1. The van der Waals surface area contributed by atoms with E-state index in [-0.39, 0.29) is 23.5 Å². The van der Waals surface area contributed by atoms with Gasteiger partial charge in [0.1, 0.15) is 0 Å². The first-order valence-electron chi connectivity index (χ1n) is 9.18. The number of amides is 1. The Labute approximate surface area is 152 Å². The van der Waals surface area contributed by atoms with Crippen molar-refractivity contribution in [3.05, 3.63) is 23.0 Å². The third kappa shape index (κ3) is 3.11. The van der Waals surface area contributed by atoms with Crippen LogP contribution in [-0.4, -0.2) is 53.5 Å². The van der Waals surface area contributed by atoms with Gasteiger partial charge in [-0.25, -0.2) is 13.4 Å². The van der Waals surface area contributed by atoms with Crippen LogP contribution in [0.2, 0.25) is 0 Å². The number of pyridine rings is 1. The smallest absolute Gasteiger partial charge is 0.259 e. The molecule has 1 saturated heterocycles. The van der Waals surface area contributed by atoms with E-state index < -0.39 is 9.84 Å². The Kier molecular flexibility index (Phi) is 4.25. The van der Waals surface area contributed by atoms with Gasteiger partial charge in [-0.3, -0.25) is 4.79 Å². The molecular weight excluding hydrogens is 354 g/mol. The molecule has 1 aliphatic carbocycles. The van der Waals surface area contributed by atoms with Crippen LogP contribution in [0.3, 0.4) is 0 Å². The Balaban J connectivity index is 1.76. The second kappa shape index (κ2) is 6.33. The Morgan fingerprint density at radius 3 is 2.73 bits per heavy atom. The van der Waals surface area contributed by atoms with Gasteiger partial charge in [-0.05, 0) is 38.7 Å². The third-order valence-electron chi connectivity index (χ3n) is 5.24. The first-order chi connectivity index (χ1) is 12.4. The molecule has 2 aliphatic rings. The zero-order valence-electron chi connectivity index (χ0n) is 15.1. The molecule has 2 fully saturated rings. The standard InChI is InChI=1S/C18H23N3O4S/c1-3-7-21(13-6-8-26(23,24)10-13)18(22)14-9-15(12-4-5-12)19-17-16(14)11(2)20-25-17/h9,12-13H,3-8,10H2,1-2H3/t13-/m1/s1. The zero-order chi connectivity index (χ0) is 18.5. The number of hydrogen-bond donors (Lipinski definition) is 0. The topological polar surface area (TPSA) is 93.4 Å². The lowest BCUT2D eigenvalue weighted by molar-refractivity contribution is 0.0699. The van der Waals surface area contributed by atoms with E-state index in [9.17, 15) is 13.2 Å². The van der Waals surface area contributed by atoms with Crippen LogP contribution < -0.4 is 0 Å². The maximum atomic E-state index is 13.4. The summed E-state index contributed by atoms with van der Waals surface area (Å²) in [6.07, 6.45) is 3.41. The number of aryl methyl sites for hydroxylation is 1. The minimum Gasteiger partial charge on any atom is -0.336 e. The summed E-state index contributed by atoms with van der Waals surface area (Å²) >= 11 is 0. The van der Waals surface area contributed by atoms with Gasteiger partial charge < -0.3 is 9.42 Å². The van der Waals surface area contributed by atoms with Crippen molar-refractivity contribution in [3.63, 3.8) is 0 Å². The number of carbonyl (C=O) groups is 1. The van der Waals surface area contributed by atoms with Gasteiger partial charge >= 0.3 is 0 Å². The Bertz CT molecular complexity index is 962. The fourth-order valence-electron chi connectivity index (χ4n) is 3.74. The normalized spacial score (nSPS) is 22.0. The van der Waals surface area contributed by atoms with Gasteiger partial charge in [-0.2, -0.15) is 0 Å². The van der Waals surface area contributed by atoms with E-state index >= 15 is 0 Å². The summed E-state index contributed by atoms with van der Waals surface area (Å²) in [6, 6.07) is 1.60. The molecule has 3 heterocycles. The number of rotatable bonds is 5. The number of hydrogen-bond acceptors (Lipinski definition) is 6. The maximum absolute atomic E-state index is 13.4. The molecule has 1 amide bonds. The predicted octanol–water partition coefficient (Wildman–Crippen LogP) is 2.45. The summed E-state index contributed by atoms with van der Waals surface area (Å²) in [4.78, 5) is 19.7. The number of carbonyl (C=O) groups excluding carboxylic acids is 1. The molecule has 1 aliphatic heterocycles. The zero-order valence-corrected chi connectivity index (χ0v) is 15.9. The molecule has 26 heavy (non-hydrogen) atoms. The van der Waals surface area contributed by atoms with Crippen molar-refractivity contribution < 1.29 is 17.7 Å². The summed E-state index contributed by atoms with van der Waals surface area (Å²) in [5.41, 5.74) is 2.43. The summed E-state index contributed by atoms with van der Waals surface area (Å²) in [5.74, 6) is 0.430. The lowest BCUT2D eigenvalue weighted by Crippen LogP contribution is -2.41. The van der Waals surface area contributed by atoms with Crippen LogP contribution >= 0.6 is 0 Å². The van der Waals surface area contributed by atoms with Crippen LogP contribution in [0.1, 0.15) is 60.3 Å². The summed E-state index contributed by atoms with van der Waals surface area (Å²) < 4.78 is 29.2. The Hall–Kier alpha value is -1.96. The van der Waals surface area contributed by atoms with E-state index in [4.69, 9.17) is 4.52 Å². The first kappa shape index (κ1) is 17.5. The van der Waals surface area contributed by atoms with Crippen LogP contribution in [0.25, 0.3) is 11.1 Å². The molecule has 2 aromatic rings. The van der Waals surface area contributed by atoms with Crippen molar-refractivity contribution in [1.29, 1.82) is 0 Å². The van der Waals surface area contributed by atoms with Gasteiger partial charge in [0.25, 0.3) is 11.6 Å². The number of sulfone groups is 1. The van der Waals surface area contributed by atoms with Crippen LogP contribution in [0, 0.1) is 6.92 Å². The Morgan fingerprint density at radius 2 is 2.12 bits per heavy atom. The molecule has 4 rings (SSSR count). The monoisotopic (exact) mass is 377 g/mol. The third-order valence-corrected chi connectivity index (χ3v) is 6.99. The number of nitrogens with zero attached hydrogens (tertiary/aromatic N) is 3. The summed E-state index contributed by atoms with van der Waals surface area (Å²) in [5, 5.41) is 4.62. The van der Waals surface area contributed by atoms with E-state index in [1.54, 1.807) is 11.8 Å². The molecule has 0 aromatic carbocycles. The fraction of sp³-hybridized carbons (Fsp3) is 0.611. The lowest BCUT2D eigenvalue weighted by atomic mass is 10.1. The molecule has 0 unspecified atom stereocenters. The average molecular weight is 377 g/mol. The second-order valence-corrected chi connectivity index (χ2v) is 9.60. The first-order valence-corrected chi connectivity index (χ1v) is 11.0. The fourth-order valence-corrected chi connectivity index (χ4v) is 5.47.